The predicted octanol–water partition coefficient (Wildman–Crippen LogP) is 0.170. The summed E-state index contributed by atoms with van der Waals surface area (Å²) in [5, 5.41) is 3.26. The van der Waals surface area contributed by atoms with Gasteiger partial charge in [-0.1, -0.05) is 0 Å². The van der Waals surface area contributed by atoms with Crippen LogP contribution < -0.4 is 5.32 Å². The number of nitrogens with one attached hydrogen (secondary N) is 1. The molecule has 0 aromatic carbocycles. The van der Waals surface area contributed by atoms with Crippen LogP contribution in [0.25, 0.3) is 0 Å². The van der Waals surface area contributed by atoms with Gasteiger partial charge in [-0.05, 0) is 6.92 Å². The fraction of sp³-hybridized carbons (Fsp3) is 1.00. The Bertz CT molecular complexity index is 99.7. The lowest BCUT2D eigenvalue weighted by Gasteiger charge is -2.27. The van der Waals surface area contributed by atoms with Crippen LogP contribution in [0.3, 0.4) is 0 Å². The van der Waals surface area contributed by atoms with Crippen molar-refractivity contribution in [2.24, 2.45) is 0 Å². The second-order valence-corrected chi connectivity index (χ2v) is 2.89. The number of hydrogen-bond donors (Lipinski definition) is 1. The molecular weight excluding hydrogens is 149 g/mol. The average molecular weight is 163 g/mol. The SMILES string of the molecule is CC1CNC[C@@H](COP)O1. The van der Waals surface area contributed by atoms with Crippen LogP contribution in [0.15, 0.2) is 0 Å². The van der Waals surface area contributed by atoms with Gasteiger partial charge in [0.15, 0.2) is 0 Å². The zero-order valence-corrected chi connectivity index (χ0v) is 7.32. The van der Waals surface area contributed by atoms with Gasteiger partial charge in [0.2, 0.25) is 0 Å². The number of hydrogen-bond acceptors (Lipinski definition) is 3. The van der Waals surface area contributed by atoms with E-state index in [1.54, 1.807) is 0 Å². The van der Waals surface area contributed by atoms with Gasteiger partial charge in [0.1, 0.15) is 0 Å². The van der Waals surface area contributed by atoms with E-state index in [2.05, 4.69) is 21.7 Å². The van der Waals surface area contributed by atoms with Gasteiger partial charge in [0, 0.05) is 22.6 Å². The van der Waals surface area contributed by atoms with Crippen molar-refractivity contribution < 1.29 is 9.26 Å². The molecule has 0 aliphatic carbocycles. The summed E-state index contributed by atoms with van der Waals surface area (Å²) in [6.07, 6.45) is 0.542. The molecule has 0 aromatic rings. The molecule has 1 heterocycles. The van der Waals surface area contributed by atoms with Crippen molar-refractivity contribution in [2.45, 2.75) is 19.1 Å². The molecule has 4 heteroatoms. The van der Waals surface area contributed by atoms with Gasteiger partial charge >= 0.3 is 0 Å². The highest BCUT2D eigenvalue weighted by Gasteiger charge is 2.17. The molecular formula is C6H14NO2P. The quantitative estimate of drug-likeness (QED) is 0.588. The van der Waals surface area contributed by atoms with E-state index < -0.39 is 0 Å². The van der Waals surface area contributed by atoms with E-state index in [0.29, 0.717) is 12.7 Å². The largest absolute Gasteiger partial charge is 0.370 e. The fourth-order valence-corrected chi connectivity index (χ4v) is 1.29. The summed E-state index contributed by atoms with van der Waals surface area (Å²) in [6.45, 7) is 4.57. The molecule has 0 radical (unpaired) electrons. The van der Waals surface area contributed by atoms with Crippen molar-refractivity contribution in [3.63, 3.8) is 0 Å². The molecule has 1 aliphatic rings. The maximum atomic E-state index is 5.53. The zero-order chi connectivity index (χ0) is 7.40. The van der Waals surface area contributed by atoms with E-state index >= 15 is 0 Å². The van der Waals surface area contributed by atoms with Crippen LogP contribution >= 0.6 is 9.47 Å². The summed E-state index contributed by atoms with van der Waals surface area (Å²) in [4.78, 5) is 0. The van der Waals surface area contributed by atoms with Crippen LogP contribution in [-0.4, -0.2) is 31.9 Å². The van der Waals surface area contributed by atoms with Crippen LogP contribution in [-0.2, 0) is 9.26 Å². The topological polar surface area (TPSA) is 30.5 Å². The monoisotopic (exact) mass is 163 g/mol. The summed E-state index contributed by atoms with van der Waals surface area (Å²) in [7, 11) is 2.23. The minimum Gasteiger partial charge on any atom is -0.370 e. The first-order valence-electron chi connectivity index (χ1n) is 3.50. The Morgan fingerprint density at radius 2 is 2.50 bits per heavy atom. The molecule has 1 rings (SSSR count). The van der Waals surface area contributed by atoms with Crippen LogP contribution in [0.1, 0.15) is 6.92 Å². The number of ether oxygens (including phenoxy) is 1. The molecule has 0 aromatic heterocycles. The molecule has 3 atom stereocenters. The Kier molecular flexibility index (Phi) is 3.57. The molecule has 0 spiro atoms. The normalized spacial score (nSPS) is 34.2. The maximum absolute atomic E-state index is 5.53. The third-order valence-corrected chi connectivity index (χ3v) is 1.70. The van der Waals surface area contributed by atoms with Crippen molar-refractivity contribution in [1.82, 2.24) is 5.32 Å². The Labute approximate surface area is 63.8 Å². The number of morpholine rings is 1. The van der Waals surface area contributed by atoms with E-state index in [4.69, 9.17) is 9.26 Å². The van der Waals surface area contributed by atoms with Gasteiger partial charge in [0.25, 0.3) is 0 Å². The lowest BCUT2D eigenvalue weighted by atomic mass is 10.3. The van der Waals surface area contributed by atoms with Gasteiger partial charge in [-0.3, -0.25) is 0 Å². The molecule has 1 fully saturated rings. The Morgan fingerprint density at radius 3 is 3.10 bits per heavy atom. The average Bonchev–Trinajstić information content (AvgIpc) is 1.88. The summed E-state index contributed by atoms with van der Waals surface area (Å²) in [6, 6.07) is 0. The first-order chi connectivity index (χ1) is 4.83. The summed E-state index contributed by atoms with van der Waals surface area (Å²) in [5.74, 6) is 0. The highest BCUT2D eigenvalue weighted by atomic mass is 31.0. The minimum atomic E-state index is 0.223. The van der Waals surface area contributed by atoms with Crippen LogP contribution in [0.2, 0.25) is 0 Å². The molecule has 2 unspecified atom stereocenters. The van der Waals surface area contributed by atoms with Gasteiger partial charge in [0.05, 0.1) is 18.8 Å². The smallest absolute Gasteiger partial charge is 0.0939 e. The Morgan fingerprint density at radius 1 is 1.70 bits per heavy atom. The van der Waals surface area contributed by atoms with Gasteiger partial charge in [-0.2, -0.15) is 0 Å². The van der Waals surface area contributed by atoms with Crippen molar-refractivity contribution >= 4 is 9.47 Å². The second-order valence-electron chi connectivity index (χ2n) is 2.56. The molecule has 1 aliphatic heterocycles. The third kappa shape index (κ3) is 2.51. The van der Waals surface area contributed by atoms with Crippen molar-refractivity contribution in [3.8, 4) is 0 Å². The maximum Gasteiger partial charge on any atom is 0.0939 e. The standard InChI is InChI=1S/C6H14NO2P/c1-5-2-7-3-6(9-5)4-8-10/h5-7H,2-4,10H2,1H3/t5?,6-/m0/s1. The lowest BCUT2D eigenvalue weighted by Crippen LogP contribution is -2.44. The molecule has 10 heavy (non-hydrogen) atoms. The predicted molar refractivity (Wildman–Crippen MR) is 42.9 cm³/mol. The van der Waals surface area contributed by atoms with Gasteiger partial charge in [-0.15, -0.1) is 0 Å². The molecule has 60 valence electrons. The molecule has 0 saturated carbocycles. The van der Waals surface area contributed by atoms with Crippen LogP contribution in [0, 0.1) is 0 Å². The highest BCUT2D eigenvalue weighted by molar-refractivity contribution is 7.09. The zero-order valence-electron chi connectivity index (χ0n) is 6.17. The van der Waals surface area contributed by atoms with Crippen molar-refractivity contribution in [2.75, 3.05) is 19.7 Å². The van der Waals surface area contributed by atoms with Crippen molar-refractivity contribution in [1.29, 1.82) is 0 Å². The van der Waals surface area contributed by atoms with E-state index in [0.717, 1.165) is 13.1 Å². The highest BCUT2D eigenvalue weighted by Crippen LogP contribution is 2.04. The van der Waals surface area contributed by atoms with Gasteiger partial charge < -0.3 is 14.6 Å². The molecule has 0 amide bonds. The van der Waals surface area contributed by atoms with Crippen LogP contribution in [0.4, 0.5) is 0 Å². The van der Waals surface area contributed by atoms with E-state index in [9.17, 15) is 0 Å². The van der Waals surface area contributed by atoms with Gasteiger partial charge in [-0.25, -0.2) is 0 Å². The first-order valence-corrected chi connectivity index (χ1v) is 3.98. The first kappa shape index (κ1) is 8.41. The van der Waals surface area contributed by atoms with Crippen molar-refractivity contribution in [3.05, 3.63) is 0 Å². The Balaban J connectivity index is 2.18. The van der Waals surface area contributed by atoms with E-state index in [-0.39, 0.29) is 6.10 Å². The van der Waals surface area contributed by atoms with Crippen LogP contribution in [0.5, 0.6) is 0 Å². The Hall–Kier alpha value is 0.310. The van der Waals surface area contributed by atoms with E-state index in [1.165, 1.54) is 0 Å². The second kappa shape index (κ2) is 4.24. The molecule has 1 N–H and O–H groups in total. The third-order valence-electron chi connectivity index (χ3n) is 1.51. The molecule has 0 bridgehead atoms. The molecule has 1 saturated heterocycles. The summed E-state index contributed by atoms with van der Waals surface area (Å²) >= 11 is 0. The fourth-order valence-electron chi connectivity index (χ4n) is 1.08. The lowest BCUT2D eigenvalue weighted by molar-refractivity contribution is -0.0444. The minimum absolute atomic E-state index is 0.223. The number of rotatable bonds is 2. The van der Waals surface area contributed by atoms with E-state index in [1.807, 2.05) is 0 Å². The molecule has 3 nitrogen and oxygen atoms in total. The summed E-state index contributed by atoms with van der Waals surface area (Å²) < 4.78 is 10.4. The summed E-state index contributed by atoms with van der Waals surface area (Å²) in [5.41, 5.74) is 0.